The molecule has 2 nitrogen and oxygen atoms in total. The molecule has 0 atom stereocenters. The SMILES string of the molecule is Cc1cc2cnn3c2c(c1C)B1c2c(cc(C(C)(C)C)cc2-3)-c2c(C)c(C)c(C)c(C)c21. The summed E-state index contributed by atoms with van der Waals surface area (Å²) in [6, 6.07) is 7.20. The Kier molecular flexibility index (Phi) is 3.69. The average molecular weight is 418 g/mol. The van der Waals surface area contributed by atoms with Gasteiger partial charge in [-0.05, 0) is 109 Å². The minimum absolute atomic E-state index is 0.0716. The maximum atomic E-state index is 4.94. The van der Waals surface area contributed by atoms with Crippen LogP contribution in [-0.4, -0.2) is 16.5 Å². The van der Waals surface area contributed by atoms with E-state index in [-0.39, 0.29) is 12.1 Å². The van der Waals surface area contributed by atoms with E-state index in [9.17, 15) is 0 Å². The fourth-order valence-electron chi connectivity index (χ4n) is 6.24. The van der Waals surface area contributed by atoms with Crippen LogP contribution in [0.25, 0.3) is 27.7 Å². The van der Waals surface area contributed by atoms with Crippen molar-refractivity contribution in [2.45, 2.75) is 67.7 Å². The van der Waals surface area contributed by atoms with Crippen molar-refractivity contribution in [1.29, 1.82) is 0 Å². The van der Waals surface area contributed by atoms with Crippen LogP contribution < -0.4 is 16.4 Å². The number of hydrogen-bond donors (Lipinski definition) is 0. The second-order valence-electron chi connectivity index (χ2n) is 11.2. The fourth-order valence-corrected chi connectivity index (χ4v) is 6.24. The summed E-state index contributed by atoms with van der Waals surface area (Å²) >= 11 is 0. The monoisotopic (exact) mass is 418 g/mol. The van der Waals surface area contributed by atoms with Gasteiger partial charge in [0.25, 0.3) is 0 Å². The lowest BCUT2D eigenvalue weighted by molar-refractivity contribution is 0.590. The lowest BCUT2D eigenvalue weighted by Crippen LogP contribution is -2.55. The summed E-state index contributed by atoms with van der Waals surface area (Å²) in [5, 5.41) is 6.19. The van der Waals surface area contributed by atoms with Crippen LogP contribution in [0.5, 0.6) is 0 Å². The highest BCUT2D eigenvalue weighted by Gasteiger charge is 2.44. The Hall–Kier alpha value is -2.81. The van der Waals surface area contributed by atoms with Crippen molar-refractivity contribution in [3.05, 3.63) is 63.3 Å². The molecular weight excluding hydrogens is 387 g/mol. The van der Waals surface area contributed by atoms with Gasteiger partial charge in [0.1, 0.15) is 0 Å². The standard InChI is InChI=1S/C29H31BN2/c1-14-10-20-13-31-32-23-12-21(29(7,8)9)11-22-24-18(5)16(3)17(4)19(6)25(24)30(27(22)23)26(15(14)2)28(20)32/h10-13H,1-9H3. The number of rotatable bonds is 0. The summed E-state index contributed by atoms with van der Waals surface area (Å²) in [5.41, 5.74) is 19.9. The summed E-state index contributed by atoms with van der Waals surface area (Å²) in [6.07, 6.45) is 2.06. The largest absolute Gasteiger partial charge is 0.249 e. The highest BCUT2D eigenvalue weighted by Crippen LogP contribution is 2.39. The highest BCUT2D eigenvalue weighted by atomic mass is 15.3. The molecule has 0 saturated heterocycles. The van der Waals surface area contributed by atoms with Crippen LogP contribution in [0.15, 0.2) is 24.4 Å². The van der Waals surface area contributed by atoms with Crippen molar-refractivity contribution in [2.75, 3.05) is 0 Å². The zero-order valence-corrected chi connectivity index (χ0v) is 20.8. The van der Waals surface area contributed by atoms with Crippen LogP contribution in [0.3, 0.4) is 0 Å². The normalized spacial score (nSPS) is 13.7. The van der Waals surface area contributed by atoms with E-state index in [0.29, 0.717) is 0 Å². The van der Waals surface area contributed by atoms with Gasteiger partial charge in [0, 0.05) is 5.39 Å². The predicted molar refractivity (Wildman–Crippen MR) is 138 cm³/mol. The van der Waals surface area contributed by atoms with E-state index in [1.54, 1.807) is 0 Å². The van der Waals surface area contributed by atoms with Gasteiger partial charge in [-0.3, -0.25) is 0 Å². The van der Waals surface area contributed by atoms with Crippen molar-refractivity contribution in [1.82, 2.24) is 9.78 Å². The molecule has 3 heterocycles. The van der Waals surface area contributed by atoms with E-state index < -0.39 is 0 Å². The number of aryl methyl sites for hydroxylation is 1. The molecule has 2 aliphatic heterocycles. The third-order valence-electron chi connectivity index (χ3n) is 8.54. The van der Waals surface area contributed by atoms with Gasteiger partial charge in [-0.25, -0.2) is 4.68 Å². The second-order valence-corrected chi connectivity index (χ2v) is 11.2. The lowest BCUT2D eigenvalue weighted by atomic mass is 9.36. The number of aromatic nitrogens is 2. The third kappa shape index (κ3) is 2.20. The Morgan fingerprint density at radius 2 is 1.44 bits per heavy atom. The molecule has 0 amide bonds. The van der Waals surface area contributed by atoms with E-state index >= 15 is 0 Å². The summed E-state index contributed by atoms with van der Waals surface area (Å²) < 4.78 is 2.23. The van der Waals surface area contributed by atoms with Crippen LogP contribution in [0.4, 0.5) is 0 Å². The Morgan fingerprint density at radius 1 is 0.750 bits per heavy atom. The highest BCUT2D eigenvalue weighted by molar-refractivity contribution is 7.01. The minimum atomic E-state index is 0.0716. The van der Waals surface area contributed by atoms with Crippen LogP contribution in [0.1, 0.15) is 59.7 Å². The van der Waals surface area contributed by atoms with Crippen molar-refractivity contribution in [2.24, 2.45) is 0 Å². The first kappa shape index (κ1) is 19.8. The molecule has 0 saturated carbocycles. The van der Waals surface area contributed by atoms with Crippen molar-refractivity contribution >= 4 is 34.0 Å². The quantitative estimate of drug-likeness (QED) is 0.318. The van der Waals surface area contributed by atoms with Gasteiger partial charge in [0.2, 0.25) is 6.71 Å². The number of nitrogens with zero attached hydrogens (tertiary/aromatic N) is 2. The summed E-state index contributed by atoms with van der Waals surface area (Å²) in [7, 11) is 0. The maximum Gasteiger partial charge on any atom is 0.249 e. The molecule has 1 aromatic heterocycles. The molecule has 0 radical (unpaired) electrons. The van der Waals surface area contributed by atoms with Crippen LogP contribution >= 0.6 is 0 Å². The summed E-state index contributed by atoms with van der Waals surface area (Å²) in [4.78, 5) is 0. The maximum absolute atomic E-state index is 4.94. The first-order chi connectivity index (χ1) is 15.0. The Morgan fingerprint density at radius 3 is 2.12 bits per heavy atom. The fraction of sp³-hybridized carbons (Fsp3) is 0.345. The van der Waals surface area contributed by atoms with Crippen molar-refractivity contribution in [3.63, 3.8) is 0 Å². The average Bonchev–Trinajstić information content (AvgIpc) is 3.30. The van der Waals surface area contributed by atoms with Crippen LogP contribution in [0, 0.1) is 41.5 Å². The van der Waals surface area contributed by atoms with E-state index in [1.807, 2.05) is 0 Å². The van der Waals surface area contributed by atoms with Gasteiger partial charge in [0.15, 0.2) is 0 Å². The van der Waals surface area contributed by atoms with Gasteiger partial charge in [-0.15, -0.1) is 0 Å². The summed E-state index contributed by atoms with van der Waals surface area (Å²) in [5.74, 6) is 0. The first-order valence-electron chi connectivity index (χ1n) is 11.8. The third-order valence-corrected chi connectivity index (χ3v) is 8.54. The zero-order valence-electron chi connectivity index (χ0n) is 20.8. The van der Waals surface area contributed by atoms with E-state index in [1.165, 1.54) is 83.0 Å². The topological polar surface area (TPSA) is 17.8 Å². The Balaban J connectivity index is 1.89. The molecule has 160 valence electrons. The van der Waals surface area contributed by atoms with E-state index in [0.717, 1.165) is 0 Å². The van der Waals surface area contributed by atoms with Gasteiger partial charge in [-0.2, -0.15) is 5.10 Å². The van der Waals surface area contributed by atoms with E-state index in [4.69, 9.17) is 5.10 Å². The predicted octanol–water partition coefficient (Wildman–Crippen LogP) is 4.98. The van der Waals surface area contributed by atoms with Crippen molar-refractivity contribution in [3.8, 4) is 16.8 Å². The number of hydrogen-bond acceptors (Lipinski definition) is 1. The van der Waals surface area contributed by atoms with Gasteiger partial charge in [0.05, 0.1) is 17.4 Å². The van der Waals surface area contributed by atoms with E-state index in [2.05, 4.69) is 91.4 Å². The molecule has 6 rings (SSSR count). The molecule has 0 fully saturated rings. The molecule has 2 aliphatic rings. The molecule has 0 bridgehead atoms. The molecule has 0 unspecified atom stereocenters. The molecule has 3 aromatic carbocycles. The molecule has 4 aromatic rings. The minimum Gasteiger partial charge on any atom is -0.234 e. The molecule has 3 heteroatoms. The molecular formula is C29H31BN2. The smallest absolute Gasteiger partial charge is 0.234 e. The molecule has 0 N–H and O–H groups in total. The molecule has 0 spiro atoms. The van der Waals surface area contributed by atoms with Gasteiger partial charge >= 0.3 is 0 Å². The second kappa shape index (κ2) is 5.95. The Bertz CT molecular complexity index is 1510. The first-order valence-corrected chi connectivity index (χ1v) is 11.8. The zero-order chi connectivity index (χ0) is 22.9. The molecule has 32 heavy (non-hydrogen) atoms. The van der Waals surface area contributed by atoms with Gasteiger partial charge < -0.3 is 0 Å². The number of fused-ring (bicyclic) bond motifs is 5. The molecule has 0 aliphatic carbocycles. The summed E-state index contributed by atoms with van der Waals surface area (Å²) in [6.45, 7) is 21.0. The van der Waals surface area contributed by atoms with Crippen molar-refractivity contribution < 1.29 is 0 Å². The number of benzene rings is 3. The van der Waals surface area contributed by atoms with Crippen LogP contribution in [0.2, 0.25) is 0 Å². The van der Waals surface area contributed by atoms with Crippen LogP contribution in [-0.2, 0) is 5.41 Å². The Labute approximate surface area is 191 Å². The lowest BCUT2D eigenvalue weighted by Gasteiger charge is -2.28. The van der Waals surface area contributed by atoms with Gasteiger partial charge in [-0.1, -0.05) is 43.4 Å².